The van der Waals surface area contributed by atoms with Gasteiger partial charge in [-0.05, 0) is 34.1 Å². The molecule has 0 aliphatic heterocycles. The zero-order valence-corrected chi connectivity index (χ0v) is 8.73. The predicted octanol–water partition coefficient (Wildman–Crippen LogP) is 3.79. The summed E-state index contributed by atoms with van der Waals surface area (Å²) in [5.41, 5.74) is 0.720. The molecule has 0 amide bonds. The van der Waals surface area contributed by atoms with Gasteiger partial charge in [-0.1, -0.05) is 11.6 Å². The summed E-state index contributed by atoms with van der Waals surface area (Å²) in [7, 11) is 0. The largest absolute Gasteiger partial charge is 0.255 e. The van der Waals surface area contributed by atoms with Crippen molar-refractivity contribution in [3.8, 4) is 0 Å². The van der Waals surface area contributed by atoms with Crippen molar-refractivity contribution in [3.63, 3.8) is 0 Å². The monoisotopic (exact) mass is 259 g/mol. The highest BCUT2D eigenvalue weighted by molar-refractivity contribution is 9.10. The van der Waals surface area contributed by atoms with E-state index in [4.69, 9.17) is 11.6 Å². The van der Waals surface area contributed by atoms with Gasteiger partial charge in [-0.3, -0.25) is 4.98 Å². The van der Waals surface area contributed by atoms with Gasteiger partial charge in [-0.2, -0.15) is 0 Å². The van der Waals surface area contributed by atoms with Crippen LogP contribution in [0.1, 0.15) is 0 Å². The van der Waals surface area contributed by atoms with E-state index in [-0.39, 0.29) is 5.82 Å². The maximum absolute atomic E-state index is 13.1. The van der Waals surface area contributed by atoms with E-state index in [2.05, 4.69) is 20.9 Å². The van der Waals surface area contributed by atoms with Crippen molar-refractivity contribution in [1.82, 2.24) is 4.98 Å². The lowest BCUT2D eigenvalue weighted by Gasteiger charge is -1.99. The average molecular weight is 260 g/mol. The molecule has 0 radical (unpaired) electrons. The van der Waals surface area contributed by atoms with Crippen molar-refractivity contribution in [1.29, 1.82) is 0 Å². The summed E-state index contributed by atoms with van der Waals surface area (Å²) in [6, 6.07) is 4.71. The number of nitrogens with zero attached hydrogens (tertiary/aromatic N) is 1. The molecule has 1 nitrogen and oxygen atoms in total. The van der Waals surface area contributed by atoms with Gasteiger partial charge < -0.3 is 0 Å². The normalized spacial score (nSPS) is 10.7. The Morgan fingerprint density at radius 2 is 2.08 bits per heavy atom. The van der Waals surface area contributed by atoms with Crippen LogP contribution in [0.25, 0.3) is 10.9 Å². The average Bonchev–Trinajstić information content (AvgIpc) is 2.08. The van der Waals surface area contributed by atoms with Crippen molar-refractivity contribution in [2.45, 2.75) is 0 Å². The summed E-state index contributed by atoms with van der Waals surface area (Å²) in [5.74, 6) is -0.309. The summed E-state index contributed by atoms with van der Waals surface area (Å²) >= 11 is 8.80. The first-order valence-corrected chi connectivity index (χ1v) is 4.74. The van der Waals surface area contributed by atoms with Crippen LogP contribution in [0.4, 0.5) is 4.39 Å². The number of fused-ring (bicyclic) bond motifs is 1. The summed E-state index contributed by atoms with van der Waals surface area (Å²) in [6.45, 7) is 0. The zero-order chi connectivity index (χ0) is 9.42. The molecule has 2 aromatic rings. The number of hydrogen-bond donors (Lipinski definition) is 0. The zero-order valence-electron chi connectivity index (χ0n) is 6.39. The van der Waals surface area contributed by atoms with E-state index in [1.54, 1.807) is 12.1 Å². The Hall–Kier alpha value is -0.670. The molecular weight excluding hydrogens is 256 g/mol. The fourth-order valence-corrected chi connectivity index (χ4v) is 1.59. The van der Waals surface area contributed by atoms with Crippen LogP contribution >= 0.6 is 27.5 Å². The molecule has 0 fully saturated rings. The quantitative estimate of drug-likeness (QED) is 0.702. The molecule has 4 heteroatoms. The van der Waals surface area contributed by atoms with Gasteiger partial charge in [-0.25, -0.2) is 4.39 Å². The van der Waals surface area contributed by atoms with Crippen molar-refractivity contribution >= 4 is 38.4 Å². The van der Waals surface area contributed by atoms with Gasteiger partial charge in [0.1, 0.15) is 5.82 Å². The van der Waals surface area contributed by atoms with Crippen molar-refractivity contribution < 1.29 is 4.39 Å². The SMILES string of the molecule is Fc1cc2cc(Cl)cnc2cc1Br. The van der Waals surface area contributed by atoms with Crippen LogP contribution < -0.4 is 0 Å². The lowest BCUT2D eigenvalue weighted by Crippen LogP contribution is -1.82. The first-order valence-electron chi connectivity index (χ1n) is 3.57. The molecule has 0 N–H and O–H groups in total. The Morgan fingerprint density at radius 3 is 2.85 bits per heavy atom. The number of hydrogen-bond acceptors (Lipinski definition) is 1. The Labute approximate surface area is 87.7 Å². The van der Waals surface area contributed by atoms with Gasteiger partial charge in [0.05, 0.1) is 15.0 Å². The highest BCUT2D eigenvalue weighted by Gasteiger charge is 2.02. The maximum Gasteiger partial charge on any atom is 0.138 e. The van der Waals surface area contributed by atoms with Crippen molar-refractivity contribution in [3.05, 3.63) is 39.7 Å². The third-order valence-corrected chi connectivity index (χ3v) is 2.50. The smallest absolute Gasteiger partial charge is 0.138 e. The van der Waals surface area contributed by atoms with Crippen LogP contribution in [0.2, 0.25) is 5.02 Å². The molecule has 2 rings (SSSR count). The predicted molar refractivity (Wildman–Crippen MR) is 54.4 cm³/mol. The van der Waals surface area contributed by atoms with E-state index >= 15 is 0 Å². The van der Waals surface area contributed by atoms with Gasteiger partial charge >= 0.3 is 0 Å². The fourth-order valence-electron chi connectivity index (χ4n) is 1.10. The van der Waals surface area contributed by atoms with Crippen molar-refractivity contribution in [2.24, 2.45) is 0 Å². The molecule has 13 heavy (non-hydrogen) atoms. The minimum absolute atomic E-state index is 0.309. The molecule has 0 aliphatic carbocycles. The molecule has 0 spiro atoms. The highest BCUT2D eigenvalue weighted by Crippen LogP contribution is 2.23. The van der Waals surface area contributed by atoms with E-state index in [1.165, 1.54) is 12.3 Å². The molecule has 1 aromatic carbocycles. The molecule has 66 valence electrons. The Balaban J connectivity index is 2.81. The maximum atomic E-state index is 13.1. The number of rotatable bonds is 0. The fraction of sp³-hybridized carbons (Fsp3) is 0. The summed E-state index contributed by atoms with van der Waals surface area (Å²) < 4.78 is 13.5. The second-order valence-electron chi connectivity index (χ2n) is 2.61. The molecule has 0 atom stereocenters. The number of aromatic nitrogens is 1. The summed E-state index contributed by atoms with van der Waals surface area (Å²) in [4.78, 5) is 4.05. The first kappa shape index (κ1) is 8.91. The molecule has 1 heterocycles. The van der Waals surface area contributed by atoms with Crippen LogP contribution in [-0.2, 0) is 0 Å². The van der Waals surface area contributed by atoms with E-state index in [0.29, 0.717) is 14.9 Å². The Bertz CT molecular complexity index is 472. The number of benzene rings is 1. The minimum atomic E-state index is -0.309. The second-order valence-corrected chi connectivity index (χ2v) is 3.90. The summed E-state index contributed by atoms with van der Waals surface area (Å²) in [6.07, 6.45) is 1.54. The molecular formula is C9H4BrClFN. The van der Waals surface area contributed by atoms with E-state index < -0.39 is 0 Å². The van der Waals surface area contributed by atoms with Crippen molar-refractivity contribution in [2.75, 3.05) is 0 Å². The van der Waals surface area contributed by atoms with Crippen LogP contribution in [0.5, 0.6) is 0 Å². The lowest BCUT2D eigenvalue weighted by atomic mass is 10.2. The van der Waals surface area contributed by atoms with Crippen LogP contribution in [0, 0.1) is 5.82 Å². The molecule has 0 unspecified atom stereocenters. The van der Waals surface area contributed by atoms with Crippen LogP contribution in [-0.4, -0.2) is 4.98 Å². The first-order chi connectivity index (χ1) is 6.16. The van der Waals surface area contributed by atoms with E-state index in [9.17, 15) is 4.39 Å². The molecule has 0 aliphatic rings. The van der Waals surface area contributed by atoms with Gasteiger partial charge in [0.15, 0.2) is 0 Å². The second kappa shape index (κ2) is 3.24. The van der Waals surface area contributed by atoms with E-state index in [0.717, 1.165) is 5.52 Å². The third-order valence-electron chi connectivity index (χ3n) is 1.69. The number of halogens is 3. The highest BCUT2D eigenvalue weighted by atomic mass is 79.9. The summed E-state index contributed by atoms with van der Waals surface area (Å²) in [5, 5.41) is 1.21. The van der Waals surface area contributed by atoms with E-state index in [1.807, 2.05) is 0 Å². The standard InChI is InChI=1S/C9H4BrClFN/c10-7-3-9-5(2-8(7)12)1-6(11)4-13-9/h1-4H. The number of pyridine rings is 1. The third kappa shape index (κ3) is 1.67. The molecule has 0 saturated carbocycles. The molecule has 1 aromatic heterocycles. The van der Waals surface area contributed by atoms with Gasteiger partial charge in [0, 0.05) is 11.6 Å². The van der Waals surface area contributed by atoms with Gasteiger partial charge in [0.25, 0.3) is 0 Å². The van der Waals surface area contributed by atoms with Crippen LogP contribution in [0.15, 0.2) is 28.9 Å². The lowest BCUT2D eigenvalue weighted by molar-refractivity contribution is 0.623. The molecule has 0 saturated heterocycles. The Kier molecular flexibility index (Phi) is 2.22. The topological polar surface area (TPSA) is 12.9 Å². The molecule has 0 bridgehead atoms. The minimum Gasteiger partial charge on any atom is -0.255 e. The Morgan fingerprint density at radius 1 is 1.31 bits per heavy atom. The van der Waals surface area contributed by atoms with Gasteiger partial charge in [0.2, 0.25) is 0 Å². The van der Waals surface area contributed by atoms with Gasteiger partial charge in [-0.15, -0.1) is 0 Å². The van der Waals surface area contributed by atoms with Crippen LogP contribution in [0.3, 0.4) is 0 Å².